The topological polar surface area (TPSA) is 47.6 Å². The van der Waals surface area contributed by atoms with Crippen molar-refractivity contribution in [2.75, 3.05) is 13.7 Å². The van der Waals surface area contributed by atoms with Crippen molar-refractivity contribution < 1.29 is 14.3 Å². The molecule has 2 rings (SSSR count). The van der Waals surface area contributed by atoms with E-state index in [1.165, 1.54) is 7.11 Å². The molecule has 1 aromatic carbocycles. The van der Waals surface area contributed by atoms with Crippen LogP contribution in [0, 0.1) is 0 Å². The maximum Gasteiger partial charge on any atom is 0.323 e. The van der Waals surface area contributed by atoms with E-state index < -0.39 is 0 Å². The number of methoxy groups -OCH3 is 1. The van der Waals surface area contributed by atoms with E-state index in [9.17, 15) is 4.79 Å². The fourth-order valence-electron chi connectivity index (χ4n) is 1.85. The first-order valence-corrected chi connectivity index (χ1v) is 5.80. The highest BCUT2D eigenvalue weighted by Gasteiger charge is 2.31. The summed E-state index contributed by atoms with van der Waals surface area (Å²) in [6.07, 6.45) is 0.580. The van der Waals surface area contributed by atoms with Crippen LogP contribution in [0.2, 0.25) is 5.02 Å². The molecule has 0 saturated carbocycles. The van der Waals surface area contributed by atoms with Gasteiger partial charge < -0.3 is 14.8 Å². The van der Waals surface area contributed by atoms with E-state index in [0.717, 1.165) is 5.75 Å². The largest absolute Gasteiger partial charge is 0.489 e. The van der Waals surface area contributed by atoms with E-state index in [-0.39, 0.29) is 30.5 Å². The van der Waals surface area contributed by atoms with Crippen molar-refractivity contribution >= 4 is 30.0 Å². The smallest absolute Gasteiger partial charge is 0.323 e. The minimum atomic E-state index is -0.274. The third-order valence-corrected chi connectivity index (χ3v) is 2.91. The number of rotatable bonds is 3. The van der Waals surface area contributed by atoms with E-state index in [1.54, 1.807) is 12.1 Å². The van der Waals surface area contributed by atoms with Crippen molar-refractivity contribution in [2.45, 2.75) is 18.6 Å². The molecule has 100 valence electrons. The Morgan fingerprint density at radius 2 is 2.28 bits per heavy atom. The zero-order valence-corrected chi connectivity index (χ0v) is 11.5. The average Bonchev–Trinajstić information content (AvgIpc) is 2.76. The molecule has 1 saturated heterocycles. The van der Waals surface area contributed by atoms with Crippen LogP contribution in [-0.4, -0.2) is 31.8 Å². The van der Waals surface area contributed by atoms with Gasteiger partial charge in [-0.3, -0.25) is 4.79 Å². The average molecular weight is 292 g/mol. The Bertz CT molecular complexity index is 414. The van der Waals surface area contributed by atoms with Gasteiger partial charge in [-0.15, -0.1) is 12.4 Å². The standard InChI is InChI=1S/C12H14ClNO3.ClH/c1-16-12(15)11-6-10(7-14-11)17-9-4-2-3-8(13)5-9;/h2-5,10-11,14H,6-7H2,1H3;1H. The normalized spacial score (nSPS) is 22.1. The molecule has 1 fully saturated rings. The predicted octanol–water partition coefficient (Wildman–Crippen LogP) is 2.04. The number of carbonyl (C=O) groups is 1. The minimum absolute atomic E-state index is 0. The molecule has 6 heteroatoms. The molecule has 1 aromatic rings. The number of ether oxygens (including phenoxy) is 2. The Balaban J connectivity index is 0.00000162. The quantitative estimate of drug-likeness (QED) is 0.866. The van der Waals surface area contributed by atoms with Gasteiger partial charge in [0.25, 0.3) is 0 Å². The van der Waals surface area contributed by atoms with E-state index in [0.29, 0.717) is 18.0 Å². The summed E-state index contributed by atoms with van der Waals surface area (Å²) in [4.78, 5) is 11.3. The molecular formula is C12H15Cl2NO3. The van der Waals surface area contributed by atoms with Crippen LogP contribution in [0.1, 0.15) is 6.42 Å². The van der Waals surface area contributed by atoms with Gasteiger partial charge in [-0.1, -0.05) is 17.7 Å². The summed E-state index contributed by atoms with van der Waals surface area (Å²) < 4.78 is 10.4. The van der Waals surface area contributed by atoms with Crippen molar-refractivity contribution in [3.63, 3.8) is 0 Å². The van der Waals surface area contributed by atoms with Crippen molar-refractivity contribution in [1.29, 1.82) is 0 Å². The third kappa shape index (κ3) is 3.77. The first kappa shape index (κ1) is 15.1. The molecule has 1 N–H and O–H groups in total. The molecule has 0 aromatic heterocycles. The number of esters is 1. The molecule has 2 atom stereocenters. The van der Waals surface area contributed by atoms with Crippen molar-refractivity contribution in [1.82, 2.24) is 5.32 Å². The second-order valence-corrected chi connectivity index (χ2v) is 4.35. The van der Waals surface area contributed by atoms with Gasteiger partial charge in [0.05, 0.1) is 7.11 Å². The Hall–Kier alpha value is -0.970. The summed E-state index contributed by atoms with van der Waals surface area (Å²) in [6, 6.07) is 6.95. The molecule has 0 aliphatic carbocycles. The molecule has 2 unspecified atom stereocenters. The molecule has 1 heterocycles. The monoisotopic (exact) mass is 291 g/mol. The summed E-state index contributed by atoms with van der Waals surface area (Å²) in [6.45, 7) is 0.631. The first-order chi connectivity index (χ1) is 8.19. The lowest BCUT2D eigenvalue weighted by molar-refractivity contribution is -0.142. The molecule has 1 aliphatic heterocycles. The van der Waals surface area contributed by atoms with Crippen LogP contribution >= 0.6 is 24.0 Å². The van der Waals surface area contributed by atoms with Crippen LogP contribution < -0.4 is 10.1 Å². The van der Waals surface area contributed by atoms with Crippen LogP contribution in [0.15, 0.2) is 24.3 Å². The predicted molar refractivity (Wildman–Crippen MR) is 71.5 cm³/mol. The molecule has 4 nitrogen and oxygen atoms in total. The van der Waals surface area contributed by atoms with Crippen LogP contribution in [0.5, 0.6) is 5.75 Å². The van der Waals surface area contributed by atoms with Crippen molar-refractivity contribution in [3.05, 3.63) is 29.3 Å². The summed E-state index contributed by atoms with van der Waals surface area (Å²) >= 11 is 5.86. The number of hydrogen-bond donors (Lipinski definition) is 1. The molecule has 1 aliphatic rings. The molecule has 18 heavy (non-hydrogen) atoms. The Morgan fingerprint density at radius 1 is 1.50 bits per heavy atom. The molecule has 0 spiro atoms. The zero-order chi connectivity index (χ0) is 12.3. The lowest BCUT2D eigenvalue weighted by atomic mass is 10.2. The highest BCUT2D eigenvalue weighted by atomic mass is 35.5. The molecule has 0 amide bonds. The number of benzene rings is 1. The third-order valence-electron chi connectivity index (χ3n) is 2.68. The van der Waals surface area contributed by atoms with Gasteiger partial charge >= 0.3 is 5.97 Å². The van der Waals surface area contributed by atoms with Crippen LogP contribution in [0.4, 0.5) is 0 Å². The molecule has 0 radical (unpaired) electrons. The Morgan fingerprint density at radius 3 is 2.94 bits per heavy atom. The summed E-state index contributed by atoms with van der Waals surface area (Å²) in [7, 11) is 1.38. The van der Waals surface area contributed by atoms with E-state index in [1.807, 2.05) is 12.1 Å². The van der Waals surface area contributed by atoms with E-state index >= 15 is 0 Å². The van der Waals surface area contributed by atoms with Gasteiger partial charge in [0, 0.05) is 18.0 Å². The fourth-order valence-corrected chi connectivity index (χ4v) is 2.03. The summed E-state index contributed by atoms with van der Waals surface area (Å²) in [5.41, 5.74) is 0. The van der Waals surface area contributed by atoms with Crippen LogP contribution in [0.3, 0.4) is 0 Å². The first-order valence-electron chi connectivity index (χ1n) is 5.42. The Kier molecular flexibility index (Phi) is 5.72. The van der Waals surface area contributed by atoms with E-state index in [2.05, 4.69) is 10.1 Å². The van der Waals surface area contributed by atoms with Gasteiger partial charge in [-0.25, -0.2) is 0 Å². The highest BCUT2D eigenvalue weighted by Crippen LogP contribution is 2.21. The number of carbonyl (C=O) groups excluding carboxylic acids is 1. The number of halogens is 2. The second kappa shape index (κ2) is 6.83. The zero-order valence-electron chi connectivity index (χ0n) is 9.89. The highest BCUT2D eigenvalue weighted by molar-refractivity contribution is 6.30. The minimum Gasteiger partial charge on any atom is -0.489 e. The van der Waals surface area contributed by atoms with Crippen LogP contribution in [-0.2, 0) is 9.53 Å². The second-order valence-electron chi connectivity index (χ2n) is 3.92. The Labute approximate surface area is 117 Å². The number of hydrogen-bond acceptors (Lipinski definition) is 4. The molecular weight excluding hydrogens is 277 g/mol. The van der Waals surface area contributed by atoms with Gasteiger partial charge in [0.2, 0.25) is 0 Å². The lowest BCUT2D eigenvalue weighted by Crippen LogP contribution is -2.31. The SMILES string of the molecule is COC(=O)C1CC(Oc2cccc(Cl)c2)CN1.Cl. The fraction of sp³-hybridized carbons (Fsp3) is 0.417. The van der Waals surface area contributed by atoms with Gasteiger partial charge in [0.1, 0.15) is 17.9 Å². The molecule has 0 bridgehead atoms. The maximum absolute atomic E-state index is 11.3. The summed E-state index contributed by atoms with van der Waals surface area (Å²) in [5, 5.41) is 3.70. The maximum atomic E-state index is 11.3. The van der Waals surface area contributed by atoms with Gasteiger partial charge in [-0.05, 0) is 18.2 Å². The summed E-state index contributed by atoms with van der Waals surface area (Å²) in [5.74, 6) is 0.469. The number of nitrogens with one attached hydrogen (secondary N) is 1. The van der Waals surface area contributed by atoms with Crippen molar-refractivity contribution in [3.8, 4) is 5.75 Å². The lowest BCUT2D eigenvalue weighted by Gasteiger charge is -2.12. The van der Waals surface area contributed by atoms with Crippen LogP contribution in [0.25, 0.3) is 0 Å². The van der Waals surface area contributed by atoms with Crippen molar-refractivity contribution in [2.24, 2.45) is 0 Å². The van der Waals surface area contributed by atoms with Gasteiger partial charge in [0.15, 0.2) is 0 Å². The van der Waals surface area contributed by atoms with E-state index in [4.69, 9.17) is 16.3 Å². The van der Waals surface area contributed by atoms with Gasteiger partial charge in [-0.2, -0.15) is 0 Å².